The van der Waals surface area contributed by atoms with Crippen LogP contribution in [0.1, 0.15) is 0 Å². The zero-order chi connectivity index (χ0) is 21.0. The molecule has 0 bridgehead atoms. The van der Waals surface area contributed by atoms with E-state index in [0.29, 0.717) is 13.1 Å². The summed E-state index contributed by atoms with van der Waals surface area (Å²) < 4.78 is 6.41. The summed E-state index contributed by atoms with van der Waals surface area (Å²) in [5, 5.41) is 3.88. The first kappa shape index (κ1) is 19.3. The minimum Gasteiger partial charge on any atom is -0.343 e. The van der Waals surface area contributed by atoms with Crippen molar-refractivity contribution in [1.82, 2.24) is 23.8 Å². The van der Waals surface area contributed by atoms with Crippen molar-refractivity contribution in [3.8, 4) is 17.1 Å². The Morgan fingerprint density at radius 3 is 2.45 bits per heavy atom. The lowest BCUT2D eigenvalue weighted by molar-refractivity contribution is 0.208. The Bertz CT molecular complexity index is 1130. The number of hydrogen-bond acceptors (Lipinski definition) is 6. The third-order valence-electron chi connectivity index (χ3n) is 5.21. The van der Waals surface area contributed by atoms with Crippen molar-refractivity contribution in [2.75, 3.05) is 36.4 Å². The van der Waals surface area contributed by atoms with Crippen LogP contribution in [0.15, 0.2) is 73.3 Å². The predicted molar refractivity (Wildman–Crippen MR) is 122 cm³/mol. The zero-order valence-corrected chi connectivity index (χ0v) is 17.6. The maximum Gasteiger partial charge on any atom is 0.321 e. The fourth-order valence-corrected chi connectivity index (χ4v) is 4.22. The van der Waals surface area contributed by atoms with Gasteiger partial charge in [-0.25, -0.2) is 9.78 Å². The van der Waals surface area contributed by atoms with Gasteiger partial charge in [0, 0.05) is 67.0 Å². The van der Waals surface area contributed by atoms with Gasteiger partial charge in [-0.15, -0.1) is 0 Å². The van der Waals surface area contributed by atoms with Crippen LogP contribution in [0.5, 0.6) is 0 Å². The second kappa shape index (κ2) is 8.57. The number of carbonyl (C=O) groups is 1. The first-order chi connectivity index (χ1) is 15.3. The Balaban J connectivity index is 1.16. The highest BCUT2D eigenvalue weighted by Gasteiger charge is 2.23. The minimum atomic E-state index is -0.0859. The lowest BCUT2D eigenvalue weighted by atomic mass is 10.2. The van der Waals surface area contributed by atoms with Gasteiger partial charge in [0.15, 0.2) is 5.82 Å². The second-order valence-corrected chi connectivity index (χ2v) is 7.92. The van der Waals surface area contributed by atoms with E-state index in [1.807, 2.05) is 70.3 Å². The number of amides is 2. The van der Waals surface area contributed by atoms with E-state index in [0.717, 1.165) is 41.0 Å². The molecule has 0 unspecified atom stereocenters. The van der Waals surface area contributed by atoms with Crippen LogP contribution in [0, 0.1) is 0 Å². The third kappa shape index (κ3) is 4.26. The van der Waals surface area contributed by atoms with E-state index >= 15 is 0 Å². The molecule has 3 heterocycles. The molecule has 1 N–H and O–H groups in total. The van der Waals surface area contributed by atoms with E-state index in [9.17, 15) is 4.79 Å². The largest absolute Gasteiger partial charge is 0.343 e. The molecular weight excluding hydrogens is 410 g/mol. The molecule has 31 heavy (non-hydrogen) atoms. The summed E-state index contributed by atoms with van der Waals surface area (Å²) in [5.74, 6) is 0.750. The molecule has 1 saturated heterocycles. The summed E-state index contributed by atoms with van der Waals surface area (Å²) in [7, 11) is 0. The van der Waals surface area contributed by atoms with Crippen molar-refractivity contribution in [3.05, 3.63) is 73.3 Å². The maximum atomic E-state index is 12.7. The number of imidazole rings is 1. The van der Waals surface area contributed by atoms with Crippen molar-refractivity contribution in [1.29, 1.82) is 0 Å². The van der Waals surface area contributed by atoms with Gasteiger partial charge in [-0.1, -0.05) is 30.3 Å². The number of hydrogen-bond donors (Lipinski definition) is 1. The molecule has 2 aromatic carbocycles. The van der Waals surface area contributed by atoms with Crippen molar-refractivity contribution in [2.24, 2.45) is 0 Å². The van der Waals surface area contributed by atoms with Crippen molar-refractivity contribution >= 4 is 28.4 Å². The first-order valence-corrected chi connectivity index (χ1v) is 10.8. The van der Waals surface area contributed by atoms with Crippen LogP contribution >= 0.6 is 11.5 Å². The van der Waals surface area contributed by atoms with Gasteiger partial charge in [0.25, 0.3) is 0 Å². The highest BCUT2D eigenvalue weighted by molar-refractivity contribution is 7.09. The van der Waals surface area contributed by atoms with Gasteiger partial charge in [0.1, 0.15) is 0 Å². The molecule has 2 amide bonds. The molecule has 156 valence electrons. The van der Waals surface area contributed by atoms with Gasteiger partial charge < -0.3 is 19.7 Å². The molecule has 1 aliphatic heterocycles. The number of carbonyl (C=O) groups excluding carboxylic acids is 1. The topological polar surface area (TPSA) is 79.2 Å². The molecule has 0 spiro atoms. The molecule has 0 atom stereocenters. The smallest absolute Gasteiger partial charge is 0.321 e. The molecule has 0 radical (unpaired) electrons. The monoisotopic (exact) mass is 431 g/mol. The highest BCUT2D eigenvalue weighted by Crippen LogP contribution is 2.25. The van der Waals surface area contributed by atoms with Crippen molar-refractivity contribution in [2.45, 2.75) is 0 Å². The average Bonchev–Trinajstić information content (AvgIpc) is 3.53. The Labute approximate surface area is 184 Å². The van der Waals surface area contributed by atoms with Gasteiger partial charge in [0.05, 0.1) is 6.33 Å². The molecule has 1 fully saturated rings. The number of rotatable bonds is 4. The lowest BCUT2D eigenvalue weighted by Gasteiger charge is -2.34. The Hall–Kier alpha value is -3.72. The number of anilines is 2. The van der Waals surface area contributed by atoms with E-state index < -0.39 is 0 Å². The van der Waals surface area contributed by atoms with Crippen LogP contribution in [0.25, 0.3) is 17.1 Å². The third-order valence-corrected chi connectivity index (χ3v) is 5.98. The molecule has 8 nitrogen and oxygen atoms in total. The van der Waals surface area contributed by atoms with Gasteiger partial charge in [-0.05, 0) is 24.3 Å². The van der Waals surface area contributed by atoms with Gasteiger partial charge in [-0.3, -0.25) is 0 Å². The van der Waals surface area contributed by atoms with Crippen LogP contribution in [0.4, 0.5) is 15.6 Å². The number of nitrogens with one attached hydrogen (secondary N) is 1. The molecule has 5 rings (SSSR count). The minimum absolute atomic E-state index is 0.0859. The second-order valence-electron chi connectivity index (χ2n) is 7.19. The lowest BCUT2D eigenvalue weighted by Crippen LogP contribution is -2.50. The molecule has 1 aliphatic rings. The van der Waals surface area contributed by atoms with Crippen LogP contribution in [0.3, 0.4) is 0 Å². The average molecular weight is 432 g/mol. The number of urea groups is 1. The standard InChI is InChI=1S/C22H21N7OS/c30-21(24-18-6-8-19(9-7-18)29-11-10-23-16-29)27-12-14-28(15-13-27)22-25-20(26-31-22)17-4-2-1-3-5-17/h1-11,16H,12-15H2,(H,24,30). The fraction of sp³-hybridized carbons (Fsp3) is 0.182. The fourth-order valence-electron chi connectivity index (χ4n) is 3.48. The summed E-state index contributed by atoms with van der Waals surface area (Å²) in [6.07, 6.45) is 5.36. The van der Waals surface area contributed by atoms with Crippen molar-refractivity contribution in [3.63, 3.8) is 0 Å². The summed E-state index contributed by atoms with van der Waals surface area (Å²) in [5.41, 5.74) is 2.78. The maximum absolute atomic E-state index is 12.7. The first-order valence-electron chi connectivity index (χ1n) is 10.0. The van der Waals surface area contributed by atoms with E-state index in [-0.39, 0.29) is 6.03 Å². The molecular formula is C22H21N7OS. The van der Waals surface area contributed by atoms with Crippen LogP contribution < -0.4 is 10.2 Å². The summed E-state index contributed by atoms with van der Waals surface area (Å²) in [6, 6.07) is 17.6. The van der Waals surface area contributed by atoms with Gasteiger partial charge in [0.2, 0.25) is 5.13 Å². The van der Waals surface area contributed by atoms with E-state index in [2.05, 4.69) is 24.6 Å². The summed E-state index contributed by atoms with van der Waals surface area (Å²) in [4.78, 5) is 25.4. The van der Waals surface area contributed by atoms with Crippen molar-refractivity contribution < 1.29 is 4.79 Å². The zero-order valence-electron chi connectivity index (χ0n) is 16.8. The molecule has 4 aromatic rings. The Kier molecular flexibility index (Phi) is 5.32. The Morgan fingerprint density at radius 1 is 0.968 bits per heavy atom. The van der Waals surface area contributed by atoms with Gasteiger partial charge >= 0.3 is 6.03 Å². The predicted octanol–water partition coefficient (Wildman–Crippen LogP) is 3.74. The molecule has 0 aliphatic carbocycles. The Morgan fingerprint density at radius 2 is 1.74 bits per heavy atom. The quantitative estimate of drug-likeness (QED) is 0.532. The summed E-state index contributed by atoms with van der Waals surface area (Å²) >= 11 is 1.40. The number of benzene rings is 2. The van der Waals surface area contributed by atoms with E-state index in [4.69, 9.17) is 0 Å². The highest BCUT2D eigenvalue weighted by atomic mass is 32.1. The number of piperazine rings is 1. The molecule has 2 aromatic heterocycles. The SMILES string of the molecule is O=C(Nc1ccc(-n2ccnc2)cc1)N1CCN(c2nc(-c3ccccc3)ns2)CC1. The number of nitrogens with zero attached hydrogens (tertiary/aromatic N) is 6. The van der Waals surface area contributed by atoms with Crippen LogP contribution in [0.2, 0.25) is 0 Å². The normalized spacial score (nSPS) is 13.9. The summed E-state index contributed by atoms with van der Waals surface area (Å²) in [6.45, 7) is 2.74. The van der Waals surface area contributed by atoms with Crippen LogP contribution in [-0.4, -0.2) is 56.0 Å². The van der Waals surface area contributed by atoms with Crippen LogP contribution in [-0.2, 0) is 0 Å². The molecule has 9 heteroatoms. The molecule has 0 saturated carbocycles. The van der Waals surface area contributed by atoms with E-state index in [1.165, 1.54) is 11.5 Å². The number of aromatic nitrogens is 4. The van der Waals surface area contributed by atoms with Gasteiger partial charge in [-0.2, -0.15) is 9.36 Å². The van der Waals surface area contributed by atoms with E-state index in [1.54, 1.807) is 12.5 Å².